The van der Waals surface area contributed by atoms with Crippen molar-refractivity contribution in [3.05, 3.63) is 11.6 Å². The normalized spacial score (nSPS) is 30.5. The second-order valence-electron chi connectivity index (χ2n) is 4.46. The highest BCUT2D eigenvalue weighted by Crippen LogP contribution is 2.41. The molecule has 72 valence electrons. The Hall–Kier alpha value is -0.920. The number of hydrogen-bond acceptors (Lipinski definition) is 2. The number of aldehydes is 1. The molecule has 1 fully saturated rings. The molecule has 0 bridgehead atoms. The van der Waals surface area contributed by atoms with Crippen LogP contribution in [0.1, 0.15) is 33.6 Å². The van der Waals surface area contributed by atoms with Gasteiger partial charge >= 0.3 is 0 Å². The van der Waals surface area contributed by atoms with E-state index >= 15 is 0 Å². The zero-order valence-corrected chi connectivity index (χ0v) is 8.46. The maximum absolute atomic E-state index is 11.3. The number of Topliss-reactive ketones (excluding diaryl/α,β-unsaturated/α-hetero) is 1. The average molecular weight is 180 g/mol. The summed E-state index contributed by atoms with van der Waals surface area (Å²) in [4.78, 5) is 21.7. The largest absolute Gasteiger partial charge is 0.300 e. The van der Waals surface area contributed by atoms with Crippen LogP contribution in [-0.4, -0.2) is 12.1 Å². The Morgan fingerprint density at radius 2 is 2.08 bits per heavy atom. The van der Waals surface area contributed by atoms with Gasteiger partial charge in [0.1, 0.15) is 12.1 Å². The monoisotopic (exact) mass is 180 g/mol. The van der Waals surface area contributed by atoms with Crippen LogP contribution in [0.2, 0.25) is 0 Å². The lowest BCUT2D eigenvalue weighted by Gasteiger charge is -2.36. The van der Waals surface area contributed by atoms with Gasteiger partial charge in [0, 0.05) is 12.8 Å². The van der Waals surface area contributed by atoms with Crippen molar-refractivity contribution in [3.63, 3.8) is 0 Å². The first-order valence-corrected chi connectivity index (χ1v) is 4.65. The van der Waals surface area contributed by atoms with E-state index in [0.717, 1.165) is 11.9 Å². The summed E-state index contributed by atoms with van der Waals surface area (Å²) < 4.78 is 0. The lowest BCUT2D eigenvalue weighted by atomic mass is 9.68. The minimum absolute atomic E-state index is 0.129. The van der Waals surface area contributed by atoms with Crippen molar-refractivity contribution in [2.75, 3.05) is 0 Å². The summed E-state index contributed by atoms with van der Waals surface area (Å²) in [6, 6.07) is 0. The van der Waals surface area contributed by atoms with Crippen LogP contribution in [-0.2, 0) is 9.59 Å². The van der Waals surface area contributed by atoms with Gasteiger partial charge in [-0.2, -0.15) is 0 Å². The maximum Gasteiger partial charge on any atom is 0.142 e. The average Bonchev–Trinajstić information content (AvgIpc) is 1.95. The summed E-state index contributed by atoms with van der Waals surface area (Å²) in [5, 5.41) is 0. The summed E-state index contributed by atoms with van der Waals surface area (Å²) in [7, 11) is 0. The van der Waals surface area contributed by atoms with Crippen molar-refractivity contribution in [1.82, 2.24) is 0 Å². The Labute approximate surface area is 79.0 Å². The SMILES string of the molecule is CC1CC(=O)CC(C)(C)/C1=C\C=O. The van der Waals surface area contributed by atoms with Gasteiger partial charge in [-0.05, 0) is 17.4 Å². The molecule has 0 aliphatic heterocycles. The van der Waals surface area contributed by atoms with Crippen LogP contribution >= 0.6 is 0 Å². The zero-order chi connectivity index (χ0) is 10.1. The number of allylic oxidation sites excluding steroid dienone is 2. The summed E-state index contributed by atoms with van der Waals surface area (Å²) in [5.74, 6) is 0.530. The molecule has 1 saturated carbocycles. The first-order chi connectivity index (χ1) is 5.97. The highest BCUT2D eigenvalue weighted by atomic mass is 16.1. The van der Waals surface area contributed by atoms with E-state index in [9.17, 15) is 9.59 Å². The molecule has 1 unspecified atom stereocenters. The van der Waals surface area contributed by atoms with Gasteiger partial charge in [0.15, 0.2) is 0 Å². The van der Waals surface area contributed by atoms with E-state index in [1.807, 2.05) is 20.8 Å². The summed E-state index contributed by atoms with van der Waals surface area (Å²) in [5.41, 5.74) is 0.984. The summed E-state index contributed by atoms with van der Waals surface area (Å²) >= 11 is 0. The molecule has 0 aromatic heterocycles. The fraction of sp³-hybridized carbons (Fsp3) is 0.636. The second-order valence-corrected chi connectivity index (χ2v) is 4.46. The molecule has 1 rings (SSSR count). The topological polar surface area (TPSA) is 34.1 Å². The predicted molar refractivity (Wildman–Crippen MR) is 51.3 cm³/mol. The molecule has 0 aromatic carbocycles. The Bertz CT molecular complexity index is 261. The molecule has 2 heteroatoms. The van der Waals surface area contributed by atoms with Gasteiger partial charge in [-0.1, -0.05) is 26.3 Å². The van der Waals surface area contributed by atoms with Gasteiger partial charge in [0.05, 0.1) is 0 Å². The highest BCUT2D eigenvalue weighted by molar-refractivity contribution is 5.82. The molecule has 0 N–H and O–H groups in total. The third-order valence-corrected chi connectivity index (χ3v) is 2.73. The first-order valence-electron chi connectivity index (χ1n) is 4.65. The van der Waals surface area contributed by atoms with Crippen molar-refractivity contribution in [2.24, 2.45) is 11.3 Å². The summed E-state index contributed by atoms with van der Waals surface area (Å²) in [6.45, 7) is 6.06. The van der Waals surface area contributed by atoms with Crippen LogP contribution in [0, 0.1) is 11.3 Å². The van der Waals surface area contributed by atoms with E-state index in [-0.39, 0.29) is 11.3 Å². The maximum atomic E-state index is 11.3. The van der Waals surface area contributed by atoms with E-state index in [1.54, 1.807) is 6.08 Å². The smallest absolute Gasteiger partial charge is 0.142 e. The predicted octanol–water partition coefficient (Wildman–Crippen LogP) is 2.14. The van der Waals surface area contributed by atoms with E-state index < -0.39 is 0 Å². The van der Waals surface area contributed by atoms with Crippen LogP contribution < -0.4 is 0 Å². The first kappa shape index (κ1) is 10.2. The van der Waals surface area contributed by atoms with Crippen molar-refractivity contribution in [2.45, 2.75) is 33.6 Å². The lowest BCUT2D eigenvalue weighted by Crippen LogP contribution is -2.30. The molecule has 0 saturated heterocycles. The fourth-order valence-corrected chi connectivity index (χ4v) is 2.25. The van der Waals surface area contributed by atoms with E-state index in [4.69, 9.17) is 0 Å². The molecule has 0 amide bonds. The minimum atomic E-state index is -0.129. The number of ketones is 1. The Balaban J connectivity index is 2.98. The van der Waals surface area contributed by atoms with Crippen molar-refractivity contribution >= 4 is 12.1 Å². The van der Waals surface area contributed by atoms with Crippen LogP contribution in [0.3, 0.4) is 0 Å². The van der Waals surface area contributed by atoms with Crippen LogP contribution in [0.4, 0.5) is 0 Å². The van der Waals surface area contributed by atoms with Gasteiger partial charge in [0.25, 0.3) is 0 Å². The fourth-order valence-electron chi connectivity index (χ4n) is 2.25. The van der Waals surface area contributed by atoms with Crippen molar-refractivity contribution in [1.29, 1.82) is 0 Å². The second kappa shape index (κ2) is 3.44. The number of hydrogen-bond donors (Lipinski definition) is 0. The zero-order valence-electron chi connectivity index (χ0n) is 8.46. The molecule has 1 aliphatic rings. The molecule has 0 radical (unpaired) electrons. The number of carbonyl (C=O) groups excluding carboxylic acids is 2. The number of carbonyl (C=O) groups is 2. The molecule has 0 heterocycles. The molecule has 2 nitrogen and oxygen atoms in total. The third kappa shape index (κ3) is 2.06. The van der Waals surface area contributed by atoms with Gasteiger partial charge in [-0.3, -0.25) is 9.59 Å². The van der Waals surface area contributed by atoms with Crippen molar-refractivity contribution in [3.8, 4) is 0 Å². The van der Waals surface area contributed by atoms with Gasteiger partial charge in [-0.15, -0.1) is 0 Å². The Morgan fingerprint density at radius 1 is 1.46 bits per heavy atom. The molecule has 0 aromatic rings. The minimum Gasteiger partial charge on any atom is -0.300 e. The lowest BCUT2D eigenvalue weighted by molar-refractivity contribution is -0.122. The Kier molecular flexibility index (Phi) is 2.69. The number of rotatable bonds is 1. The van der Waals surface area contributed by atoms with E-state index in [0.29, 0.717) is 18.6 Å². The van der Waals surface area contributed by atoms with E-state index in [1.165, 1.54) is 0 Å². The molecule has 13 heavy (non-hydrogen) atoms. The Morgan fingerprint density at radius 3 is 2.54 bits per heavy atom. The van der Waals surface area contributed by atoms with Crippen LogP contribution in [0.25, 0.3) is 0 Å². The standard InChI is InChI=1S/C11H16O2/c1-8-6-9(13)7-11(2,3)10(8)4-5-12/h4-5,8H,6-7H2,1-3H3/b10-4-. The molecule has 1 atom stereocenters. The third-order valence-electron chi connectivity index (χ3n) is 2.73. The van der Waals surface area contributed by atoms with Gasteiger partial charge < -0.3 is 0 Å². The van der Waals surface area contributed by atoms with Gasteiger partial charge in [0.2, 0.25) is 0 Å². The molecular weight excluding hydrogens is 164 g/mol. The van der Waals surface area contributed by atoms with Crippen LogP contribution in [0.5, 0.6) is 0 Å². The van der Waals surface area contributed by atoms with Crippen molar-refractivity contribution < 1.29 is 9.59 Å². The molecule has 0 spiro atoms. The molecule has 1 aliphatic carbocycles. The van der Waals surface area contributed by atoms with Crippen LogP contribution in [0.15, 0.2) is 11.6 Å². The highest BCUT2D eigenvalue weighted by Gasteiger charge is 2.35. The van der Waals surface area contributed by atoms with Gasteiger partial charge in [-0.25, -0.2) is 0 Å². The van der Waals surface area contributed by atoms with E-state index in [2.05, 4.69) is 0 Å². The summed E-state index contributed by atoms with van der Waals surface area (Å²) in [6.07, 6.45) is 3.60. The quantitative estimate of drug-likeness (QED) is 0.457. The molecular formula is C11H16O2.